The van der Waals surface area contributed by atoms with Crippen LogP contribution in [0, 0.1) is 5.92 Å². The molecular formula is C12H23ClS. The van der Waals surface area contributed by atoms with Gasteiger partial charge in [-0.3, -0.25) is 0 Å². The lowest BCUT2D eigenvalue weighted by atomic mass is 10.1. The first-order chi connectivity index (χ1) is 6.05. The highest BCUT2D eigenvalue weighted by molar-refractivity contribution is 8.77. The van der Waals surface area contributed by atoms with Crippen LogP contribution >= 0.6 is 18.2 Å². The topological polar surface area (TPSA) is 0 Å². The van der Waals surface area contributed by atoms with Crippen molar-refractivity contribution in [2.24, 2.45) is 5.92 Å². The van der Waals surface area contributed by atoms with Crippen molar-refractivity contribution < 1.29 is 0 Å². The molecule has 84 valence electrons. The largest absolute Gasteiger partial charge is 0.224 e. The maximum Gasteiger partial charge on any atom is -0.00470 e. The first-order valence-corrected chi connectivity index (χ1v) is 10.2. The average Bonchev–Trinajstić information content (AvgIpc) is 2.33. The van der Waals surface area contributed by atoms with Crippen LogP contribution in [0.1, 0.15) is 12.8 Å². The number of hydrogen-bond acceptors (Lipinski definition) is 0. The van der Waals surface area contributed by atoms with E-state index in [9.17, 15) is 0 Å². The van der Waals surface area contributed by atoms with E-state index < -0.39 is 7.51 Å². The quantitative estimate of drug-likeness (QED) is 0.688. The van der Waals surface area contributed by atoms with Crippen molar-refractivity contribution in [3.8, 4) is 0 Å². The summed E-state index contributed by atoms with van der Waals surface area (Å²) >= 11 is 0. The van der Waals surface area contributed by atoms with E-state index in [0.29, 0.717) is 5.92 Å². The zero-order valence-electron chi connectivity index (χ0n) is 9.79. The Bertz CT molecular complexity index is 253. The van der Waals surface area contributed by atoms with E-state index >= 15 is 0 Å². The second kappa shape index (κ2) is 3.05. The van der Waals surface area contributed by atoms with Gasteiger partial charge in [0.2, 0.25) is 0 Å². The van der Waals surface area contributed by atoms with Crippen molar-refractivity contribution in [2.75, 3.05) is 30.8 Å². The van der Waals surface area contributed by atoms with E-state index in [1.807, 2.05) is 0 Å². The second-order valence-corrected chi connectivity index (χ2v) is 20.0. The Morgan fingerprint density at radius 1 is 1.07 bits per heavy atom. The normalized spacial score (nSPS) is 22.4. The lowest BCUT2D eigenvalue weighted by Gasteiger charge is -2.63. The monoisotopic (exact) mass is 234 g/mol. The summed E-state index contributed by atoms with van der Waals surface area (Å²) in [5.41, 5.74) is 0. The van der Waals surface area contributed by atoms with Crippen LogP contribution in [0.25, 0.3) is 0 Å². The minimum Gasteiger partial charge on any atom is -0.224 e. The third kappa shape index (κ3) is 5.77. The van der Waals surface area contributed by atoms with Crippen LogP contribution in [-0.4, -0.2) is 30.8 Å². The zero-order chi connectivity index (χ0) is 10.9. The summed E-state index contributed by atoms with van der Waals surface area (Å²) in [5.74, 6) is 1.81. The van der Waals surface area contributed by atoms with Crippen LogP contribution in [-0.2, 0) is 0 Å². The van der Waals surface area contributed by atoms with Gasteiger partial charge in [0.1, 0.15) is 0 Å². The van der Waals surface area contributed by atoms with Crippen LogP contribution in [0.4, 0.5) is 0 Å². The fraction of sp³-hybridized carbons (Fsp3) is 0.667. The Morgan fingerprint density at radius 2 is 1.57 bits per heavy atom. The Morgan fingerprint density at radius 3 is 2.00 bits per heavy atom. The molecule has 1 rings (SSSR count). The first-order valence-electron chi connectivity index (χ1n) is 5.15. The number of rotatable bonds is 4. The molecule has 0 aromatic rings. The fourth-order valence-corrected chi connectivity index (χ4v) is 3.38. The van der Waals surface area contributed by atoms with Gasteiger partial charge in [-0.15, -0.1) is 0 Å². The van der Waals surface area contributed by atoms with Gasteiger partial charge in [0.05, 0.1) is 0 Å². The molecule has 14 heavy (non-hydrogen) atoms. The SMILES string of the molecule is CS(C)(C)(C)(Cl)CCCC1C=CC=C1. The van der Waals surface area contributed by atoms with E-state index in [1.54, 1.807) is 0 Å². The molecule has 0 saturated heterocycles. The van der Waals surface area contributed by atoms with Crippen LogP contribution in [0.3, 0.4) is 0 Å². The average molecular weight is 235 g/mol. The first kappa shape index (κ1) is 12.2. The Kier molecular flexibility index (Phi) is 2.66. The molecule has 0 bridgehead atoms. The highest BCUT2D eigenvalue weighted by atomic mass is 35.7. The van der Waals surface area contributed by atoms with Gasteiger partial charge in [-0.25, -0.2) is 7.51 Å². The third-order valence-corrected chi connectivity index (χ3v) is 4.94. The summed E-state index contributed by atoms with van der Waals surface area (Å²) in [4.78, 5) is 0. The Hall–Kier alpha value is 0.120. The molecule has 1 aliphatic rings. The highest BCUT2D eigenvalue weighted by Crippen LogP contribution is 2.83. The molecule has 0 unspecified atom stereocenters. The van der Waals surface area contributed by atoms with Gasteiger partial charge < -0.3 is 0 Å². The highest BCUT2D eigenvalue weighted by Gasteiger charge is 2.38. The molecular weight excluding hydrogens is 212 g/mol. The van der Waals surface area contributed by atoms with Gasteiger partial charge in [-0.1, -0.05) is 35.0 Å². The van der Waals surface area contributed by atoms with E-state index in [1.165, 1.54) is 12.8 Å². The molecule has 0 spiro atoms. The predicted octanol–water partition coefficient (Wildman–Crippen LogP) is 4.06. The predicted molar refractivity (Wildman–Crippen MR) is 73.0 cm³/mol. The summed E-state index contributed by atoms with van der Waals surface area (Å²) in [5, 5.41) is 0. The lowest BCUT2D eigenvalue weighted by Crippen LogP contribution is -2.27. The standard InChI is InChI=1S/C12H23ClS/c1-14(2,3,4,13)11-7-10-12-8-5-6-9-12/h5-6,8-9,12H,7,10-11H2,1-4H3. The molecule has 0 nitrogen and oxygen atoms in total. The molecule has 0 heterocycles. The number of halogens is 1. The van der Waals surface area contributed by atoms with Crippen LogP contribution in [0.2, 0.25) is 0 Å². The molecule has 1 aliphatic carbocycles. The summed E-state index contributed by atoms with van der Waals surface area (Å²) in [6, 6.07) is 0. The summed E-state index contributed by atoms with van der Waals surface area (Å²) < 4.78 is 0. The van der Waals surface area contributed by atoms with Crippen LogP contribution in [0.5, 0.6) is 0 Å². The van der Waals surface area contributed by atoms with Crippen molar-refractivity contribution in [3.63, 3.8) is 0 Å². The molecule has 0 fully saturated rings. The summed E-state index contributed by atoms with van der Waals surface area (Å²) in [6.45, 7) is 0. The molecule has 0 aliphatic heterocycles. The van der Waals surface area contributed by atoms with Crippen molar-refractivity contribution in [3.05, 3.63) is 24.3 Å². The maximum absolute atomic E-state index is 6.71. The minimum absolute atomic E-state index is 0.659. The number of allylic oxidation sites excluding steroid dienone is 4. The molecule has 2 heteroatoms. The van der Waals surface area contributed by atoms with E-state index in [2.05, 4.69) is 49.3 Å². The third-order valence-electron chi connectivity index (χ3n) is 2.40. The summed E-state index contributed by atoms with van der Waals surface area (Å²) in [7, 11) is 4.52. The molecule has 0 saturated carbocycles. The fourth-order valence-electron chi connectivity index (χ4n) is 1.62. The molecule has 0 amide bonds. The van der Waals surface area contributed by atoms with Crippen molar-refractivity contribution >= 4 is 18.2 Å². The van der Waals surface area contributed by atoms with Crippen LogP contribution < -0.4 is 0 Å². The van der Waals surface area contributed by atoms with E-state index in [-0.39, 0.29) is 0 Å². The maximum atomic E-state index is 6.71. The molecule has 0 aromatic carbocycles. The van der Waals surface area contributed by atoms with E-state index in [4.69, 9.17) is 10.7 Å². The van der Waals surface area contributed by atoms with Gasteiger partial charge in [-0.2, -0.15) is 0 Å². The second-order valence-electron chi connectivity index (χ2n) is 6.61. The summed E-state index contributed by atoms with van der Waals surface area (Å²) in [6.07, 6.45) is 20.2. The minimum atomic E-state index is -2.19. The van der Waals surface area contributed by atoms with Crippen molar-refractivity contribution in [1.82, 2.24) is 0 Å². The van der Waals surface area contributed by atoms with Gasteiger partial charge >= 0.3 is 0 Å². The molecule has 0 radical (unpaired) electrons. The van der Waals surface area contributed by atoms with Crippen molar-refractivity contribution in [2.45, 2.75) is 12.8 Å². The van der Waals surface area contributed by atoms with Crippen LogP contribution in [0.15, 0.2) is 24.3 Å². The molecule has 0 aromatic heterocycles. The zero-order valence-corrected chi connectivity index (χ0v) is 11.4. The van der Waals surface area contributed by atoms with Gasteiger partial charge in [0.15, 0.2) is 0 Å². The smallest absolute Gasteiger partial charge is 0.00470 e. The molecule has 0 N–H and O–H groups in total. The Balaban J connectivity index is 2.36. The van der Waals surface area contributed by atoms with Crippen molar-refractivity contribution in [1.29, 1.82) is 0 Å². The molecule has 0 atom stereocenters. The van der Waals surface area contributed by atoms with Gasteiger partial charge in [0, 0.05) is 0 Å². The lowest BCUT2D eigenvalue weighted by molar-refractivity contribution is 0.700. The van der Waals surface area contributed by atoms with Gasteiger partial charge in [0.25, 0.3) is 0 Å². The number of hydrogen-bond donors (Lipinski definition) is 0. The van der Waals surface area contributed by atoms with Gasteiger partial charge in [-0.05, 0) is 49.5 Å². The Labute approximate surface area is 92.2 Å². The van der Waals surface area contributed by atoms with E-state index in [0.717, 1.165) is 5.75 Å².